The van der Waals surface area contributed by atoms with Gasteiger partial charge < -0.3 is 25.4 Å². The van der Waals surface area contributed by atoms with Gasteiger partial charge in [-0.25, -0.2) is 4.79 Å². The van der Waals surface area contributed by atoms with Crippen molar-refractivity contribution in [3.05, 3.63) is 47.5 Å². The Balaban J connectivity index is 1.93. The first-order chi connectivity index (χ1) is 10.9. The normalized spacial score (nSPS) is 10.1. The molecular weight excluding hydrogens is 302 g/mol. The van der Waals surface area contributed by atoms with E-state index in [2.05, 4.69) is 5.32 Å². The summed E-state index contributed by atoms with van der Waals surface area (Å²) in [5.41, 5.74) is 1.42. The minimum atomic E-state index is -0.922. The maximum absolute atomic E-state index is 11.8. The fourth-order valence-corrected chi connectivity index (χ4v) is 1.77. The molecule has 0 saturated carbocycles. The van der Waals surface area contributed by atoms with Crippen LogP contribution in [-0.2, 0) is 9.53 Å². The highest BCUT2D eigenvalue weighted by Crippen LogP contribution is 2.35. The molecule has 0 spiro atoms. The molecule has 2 aromatic rings. The summed E-state index contributed by atoms with van der Waals surface area (Å²) in [5, 5.41) is 30.4. The summed E-state index contributed by atoms with van der Waals surface area (Å²) in [5.74, 6) is -3.52. The fourth-order valence-electron chi connectivity index (χ4n) is 1.77. The summed E-state index contributed by atoms with van der Waals surface area (Å²) in [6.45, 7) is 1.38. The number of aromatic hydroxyl groups is 3. The van der Waals surface area contributed by atoms with E-state index in [1.54, 1.807) is 12.1 Å². The molecule has 120 valence electrons. The third-order valence-electron chi connectivity index (χ3n) is 2.98. The molecule has 0 radical (unpaired) electrons. The molecule has 7 heteroatoms. The number of anilines is 1. The third kappa shape index (κ3) is 4.13. The number of aryl methyl sites for hydroxylation is 1. The Morgan fingerprint density at radius 1 is 1.04 bits per heavy atom. The summed E-state index contributed by atoms with van der Waals surface area (Å²) in [7, 11) is 0. The van der Waals surface area contributed by atoms with Gasteiger partial charge in [0.15, 0.2) is 23.9 Å². The van der Waals surface area contributed by atoms with Crippen molar-refractivity contribution in [1.29, 1.82) is 0 Å². The van der Waals surface area contributed by atoms with Gasteiger partial charge >= 0.3 is 5.97 Å². The Hall–Kier alpha value is -3.22. The molecule has 0 aromatic heterocycles. The van der Waals surface area contributed by atoms with Gasteiger partial charge in [-0.05, 0) is 31.2 Å². The first-order valence-corrected chi connectivity index (χ1v) is 6.65. The van der Waals surface area contributed by atoms with E-state index in [1.165, 1.54) is 0 Å². The highest BCUT2D eigenvalue weighted by atomic mass is 16.5. The molecule has 0 atom stereocenters. The van der Waals surface area contributed by atoms with Crippen LogP contribution in [0.25, 0.3) is 0 Å². The van der Waals surface area contributed by atoms with Crippen molar-refractivity contribution in [2.75, 3.05) is 11.9 Å². The molecule has 0 aliphatic heterocycles. The van der Waals surface area contributed by atoms with Gasteiger partial charge in [0.25, 0.3) is 5.91 Å². The van der Waals surface area contributed by atoms with Gasteiger partial charge in [0.1, 0.15) is 0 Å². The molecule has 1 amide bonds. The number of ether oxygens (including phenoxy) is 1. The maximum atomic E-state index is 11.8. The molecule has 7 nitrogen and oxygen atoms in total. The molecule has 0 heterocycles. The molecule has 0 saturated heterocycles. The Bertz CT molecular complexity index is 716. The van der Waals surface area contributed by atoms with E-state index in [0.29, 0.717) is 5.69 Å². The monoisotopic (exact) mass is 317 g/mol. The number of nitrogens with one attached hydrogen (secondary N) is 1. The molecule has 23 heavy (non-hydrogen) atoms. The summed E-state index contributed by atoms with van der Waals surface area (Å²) in [4.78, 5) is 23.4. The third-order valence-corrected chi connectivity index (χ3v) is 2.98. The van der Waals surface area contributed by atoms with Gasteiger partial charge in [-0.2, -0.15) is 0 Å². The lowest BCUT2D eigenvalue weighted by Crippen LogP contribution is -2.20. The number of amides is 1. The lowest BCUT2D eigenvalue weighted by atomic mass is 10.2. The highest BCUT2D eigenvalue weighted by Gasteiger charge is 2.15. The zero-order chi connectivity index (χ0) is 17.0. The average molecular weight is 317 g/mol. The van der Waals surface area contributed by atoms with Gasteiger partial charge in [-0.3, -0.25) is 4.79 Å². The van der Waals surface area contributed by atoms with Gasteiger partial charge in [0.2, 0.25) is 0 Å². The van der Waals surface area contributed by atoms with Crippen molar-refractivity contribution in [1.82, 2.24) is 0 Å². The number of carbonyl (C=O) groups excluding carboxylic acids is 2. The molecule has 0 aliphatic rings. The van der Waals surface area contributed by atoms with Gasteiger partial charge in [0, 0.05) is 5.69 Å². The SMILES string of the molecule is Cc1ccc(NC(=O)COC(=O)c2cc(O)c(O)c(O)c2)cc1. The summed E-state index contributed by atoms with van der Waals surface area (Å²) < 4.78 is 4.78. The zero-order valence-corrected chi connectivity index (χ0v) is 12.2. The number of esters is 1. The molecule has 0 bridgehead atoms. The van der Waals surface area contributed by atoms with Crippen LogP contribution in [0.5, 0.6) is 17.2 Å². The molecule has 0 fully saturated rings. The topological polar surface area (TPSA) is 116 Å². The maximum Gasteiger partial charge on any atom is 0.338 e. The Morgan fingerprint density at radius 3 is 2.17 bits per heavy atom. The second-order valence-corrected chi connectivity index (χ2v) is 4.85. The number of rotatable bonds is 4. The molecule has 0 aliphatic carbocycles. The van der Waals surface area contributed by atoms with Crippen LogP contribution in [0.15, 0.2) is 36.4 Å². The van der Waals surface area contributed by atoms with Crippen LogP contribution in [0.2, 0.25) is 0 Å². The summed E-state index contributed by atoms with van der Waals surface area (Å²) in [6.07, 6.45) is 0. The van der Waals surface area contributed by atoms with Crippen LogP contribution in [0.1, 0.15) is 15.9 Å². The Labute approximate surface area is 131 Å². The molecule has 4 N–H and O–H groups in total. The van der Waals surface area contributed by atoms with Crippen LogP contribution < -0.4 is 5.32 Å². The second kappa shape index (κ2) is 6.69. The fraction of sp³-hybridized carbons (Fsp3) is 0.125. The van der Waals surface area contributed by atoms with Crippen molar-refractivity contribution < 1.29 is 29.6 Å². The van der Waals surface area contributed by atoms with E-state index >= 15 is 0 Å². The van der Waals surface area contributed by atoms with E-state index < -0.39 is 35.7 Å². The van der Waals surface area contributed by atoms with Crippen molar-refractivity contribution in [3.8, 4) is 17.2 Å². The van der Waals surface area contributed by atoms with Crippen LogP contribution in [0, 0.1) is 6.92 Å². The van der Waals surface area contributed by atoms with E-state index in [9.17, 15) is 24.9 Å². The Kier molecular flexibility index (Phi) is 4.70. The lowest BCUT2D eigenvalue weighted by Gasteiger charge is -2.08. The average Bonchev–Trinajstić information content (AvgIpc) is 2.52. The smallest absolute Gasteiger partial charge is 0.338 e. The minimum absolute atomic E-state index is 0.194. The number of carbonyl (C=O) groups is 2. The van der Waals surface area contributed by atoms with Gasteiger partial charge in [-0.1, -0.05) is 17.7 Å². The molecular formula is C16H15NO6. The van der Waals surface area contributed by atoms with Crippen molar-refractivity contribution in [2.45, 2.75) is 6.92 Å². The van der Waals surface area contributed by atoms with E-state index in [-0.39, 0.29) is 5.56 Å². The van der Waals surface area contributed by atoms with Crippen LogP contribution in [-0.4, -0.2) is 33.8 Å². The van der Waals surface area contributed by atoms with Crippen molar-refractivity contribution >= 4 is 17.6 Å². The molecule has 2 aromatic carbocycles. The molecule has 2 rings (SSSR count). The Morgan fingerprint density at radius 2 is 1.61 bits per heavy atom. The number of hydrogen-bond acceptors (Lipinski definition) is 6. The number of phenols is 3. The summed E-state index contributed by atoms with van der Waals surface area (Å²) in [6, 6.07) is 8.92. The number of benzene rings is 2. The highest BCUT2D eigenvalue weighted by molar-refractivity contribution is 5.96. The first-order valence-electron chi connectivity index (χ1n) is 6.65. The zero-order valence-electron chi connectivity index (χ0n) is 12.2. The first kappa shape index (κ1) is 16.2. The largest absolute Gasteiger partial charge is 0.504 e. The minimum Gasteiger partial charge on any atom is -0.504 e. The van der Waals surface area contributed by atoms with Gasteiger partial charge in [0.05, 0.1) is 5.56 Å². The van der Waals surface area contributed by atoms with E-state index in [1.807, 2.05) is 19.1 Å². The van der Waals surface area contributed by atoms with Crippen LogP contribution in [0.3, 0.4) is 0 Å². The van der Waals surface area contributed by atoms with Crippen LogP contribution in [0.4, 0.5) is 5.69 Å². The lowest BCUT2D eigenvalue weighted by molar-refractivity contribution is -0.119. The predicted molar refractivity (Wildman–Crippen MR) is 81.5 cm³/mol. The quantitative estimate of drug-likeness (QED) is 0.505. The number of hydrogen-bond donors (Lipinski definition) is 4. The predicted octanol–water partition coefficient (Wildman–Crippen LogP) is 1.91. The van der Waals surface area contributed by atoms with E-state index in [4.69, 9.17) is 4.74 Å². The van der Waals surface area contributed by atoms with Gasteiger partial charge in [-0.15, -0.1) is 0 Å². The number of phenolic OH excluding ortho intramolecular Hbond substituents is 3. The van der Waals surface area contributed by atoms with Crippen LogP contribution >= 0.6 is 0 Å². The second-order valence-electron chi connectivity index (χ2n) is 4.85. The van der Waals surface area contributed by atoms with Crippen molar-refractivity contribution in [3.63, 3.8) is 0 Å². The standard InChI is InChI=1S/C16H15NO6/c1-9-2-4-11(5-3-9)17-14(20)8-23-16(22)10-6-12(18)15(21)13(19)7-10/h2-7,18-19,21H,8H2,1H3,(H,17,20). The summed E-state index contributed by atoms with van der Waals surface area (Å²) >= 11 is 0. The molecule has 0 unspecified atom stereocenters. The van der Waals surface area contributed by atoms with Crippen molar-refractivity contribution in [2.24, 2.45) is 0 Å². The van der Waals surface area contributed by atoms with E-state index in [0.717, 1.165) is 17.7 Å².